The highest BCUT2D eigenvalue weighted by Crippen LogP contribution is 2.25. The summed E-state index contributed by atoms with van der Waals surface area (Å²) in [6.07, 6.45) is 2.73. The van der Waals surface area contributed by atoms with Gasteiger partial charge in [0.05, 0.1) is 5.69 Å². The standard InChI is InChI=1S/C15H28N4S/c1-12(2)16-11-14-13(3)17-15(20-14)18(4)9-10-19-7-5-6-8-19/h12,16H,5-11H2,1-4H3. The van der Waals surface area contributed by atoms with Crippen molar-refractivity contribution in [1.82, 2.24) is 15.2 Å². The molecule has 0 bridgehead atoms. The lowest BCUT2D eigenvalue weighted by Crippen LogP contribution is -2.31. The zero-order chi connectivity index (χ0) is 14.5. The van der Waals surface area contributed by atoms with E-state index in [4.69, 9.17) is 4.98 Å². The molecule has 1 aliphatic heterocycles. The Morgan fingerprint density at radius 2 is 2.05 bits per heavy atom. The number of nitrogens with zero attached hydrogens (tertiary/aromatic N) is 3. The van der Waals surface area contributed by atoms with Crippen LogP contribution >= 0.6 is 11.3 Å². The average Bonchev–Trinajstić information content (AvgIpc) is 3.03. The monoisotopic (exact) mass is 296 g/mol. The second kappa shape index (κ2) is 7.38. The number of rotatable bonds is 7. The molecule has 0 radical (unpaired) electrons. The van der Waals surface area contributed by atoms with Gasteiger partial charge in [0.25, 0.3) is 0 Å². The Morgan fingerprint density at radius 1 is 1.35 bits per heavy atom. The molecule has 1 N–H and O–H groups in total. The molecule has 0 spiro atoms. The molecule has 1 fully saturated rings. The van der Waals surface area contributed by atoms with E-state index in [9.17, 15) is 0 Å². The molecule has 0 aromatic carbocycles. The van der Waals surface area contributed by atoms with Gasteiger partial charge < -0.3 is 15.1 Å². The van der Waals surface area contributed by atoms with Crippen LogP contribution in [-0.4, -0.2) is 49.2 Å². The maximum atomic E-state index is 4.72. The van der Waals surface area contributed by atoms with Crippen LogP contribution in [0.5, 0.6) is 0 Å². The molecule has 2 heterocycles. The molecular formula is C15H28N4S. The second-order valence-electron chi connectivity index (χ2n) is 6.01. The number of hydrogen-bond acceptors (Lipinski definition) is 5. The van der Waals surface area contributed by atoms with E-state index < -0.39 is 0 Å². The van der Waals surface area contributed by atoms with Crippen LogP contribution in [0.3, 0.4) is 0 Å². The summed E-state index contributed by atoms with van der Waals surface area (Å²) in [5, 5.41) is 4.63. The SMILES string of the molecule is Cc1nc(N(C)CCN2CCCC2)sc1CNC(C)C. The van der Waals surface area contributed by atoms with Crippen molar-refractivity contribution < 1.29 is 0 Å². The molecule has 1 aromatic rings. The number of anilines is 1. The summed E-state index contributed by atoms with van der Waals surface area (Å²) in [6.45, 7) is 12.2. The number of aromatic nitrogens is 1. The molecule has 2 rings (SSSR count). The van der Waals surface area contributed by atoms with Crippen molar-refractivity contribution in [2.45, 2.75) is 46.2 Å². The maximum Gasteiger partial charge on any atom is 0.185 e. The number of aryl methyl sites for hydroxylation is 1. The summed E-state index contributed by atoms with van der Waals surface area (Å²) in [4.78, 5) is 10.9. The largest absolute Gasteiger partial charge is 0.350 e. The molecule has 1 aromatic heterocycles. The lowest BCUT2D eigenvalue weighted by atomic mass is 10.3. The van der Waals surface area contributed by atoms with Crippen molar-refractivity contribution in [2.75, 3.05) is 38.1 Å². The van der Waals surface area contributed by atoms with E-state index in [2.05, 4.69) is 42.9 Å². The zero-order valence-corrected chi connectivity index (χ0v) is 14.1. The summed E-state index contributed by atoms with van der Waals surface area (Å²) >= 11 is 1.83. The highest BCUT2D eigenvalue weighted by molar-refractivity contribution is 7.15. The number of likely N-dealkylation sites (N-methyl/N-ethyl adjacent to an activating group) is 1. The van der Waals surface area contributed by atoms with Gasteiger partial charge >= 0.3 is 0 Å². The van der Waals surface area contributed by atoms with Crippen molar-refractivity contribution >= 4 is 16.5 Å². The van der Waals surface area contributed by atoms with E-state index in [0.717, 1.165) is 24.8 Å². The number of thiazole rings is 1. The molecule has 0 amide bonds. The zero-order valence-electron chi connectivity index (χ0n) is 13.3. The van der Waals surface area contributed by atoms with Crippen LogP contribution in [0.4, 0.5) is 5.13 Å². The molecule has 114 valence electrons. The summed E-state index contributed by atoms with van der Waals surface area (Å²) in [5.74, 6) is 0. The Hall–Kier alpha value is -0.650. The molecule has 4 nitrogen and oxygen atoms in total. The van der Waals surface area contributed by atoms with Gasteiger partial charge in [0.1, 0.15) is 0 Å². The molecule has 0 aliphatic carbocycles. The van der Waals surface area contributed by atoms with Crippen LogP contribution in [0.2, 0.25) is 0 Å². The van der Waals surface area contributed by atoms with Crippen LogP contribution in [-0.2, 0) is 6.54 Å². The van der Waals surface area contributed by atoms with Crippen LogP contribution in [0, 0.1) is 6.92 Å². The van der Waals surface area contributed by atoms with E-state index >= 15 is 0 Å². The molecule has 1 aliphatic rings. The van der Waals surface area contributed by atoms with Gasteiger partial charge in [0.2, 0.25) is 0 Å². The van der Waals surface area contributed by atoms with E-state index in [-0.39, 0.29) is 0 Å². The third kappa shape index (κ3) is 4.43. The Balaban J connectivity index is 1.85. The van der Waals surface area contributed by atoms with Gasteiger partial charge in [0, 0.05) is 37.6 Å². The Kier molecular flexibility index (Phi) is 5.81. The van der Waals surface area contributed by atoms with E-state index in [1.54, 1.807) is 0 Å². The average molecular weight is 296 g/mol. The lowest BCUT2D eigenvalue weighted by Gasteiger charge is -2.20. The summed E-state index contributed by atoms with van der Waals surface area (Å²) in [5.41, 5.74) is 1.17. The number of hydrogen-bond donors (Lipinski definition) is 1. The van der Waals surface area contributed by atoms with Gasteiger partial charge in [-0.05, 0) is 32.9 Å². The summed E-state index contributed by atoms with van der Waals surface area (Å²) < 4.78 is 0. The fraction of sp³-hybridized carbons (Fsp3) is 0.800. The molecule has 5 heteroatoms. The quantitative estimate of drug-likeness (QED) is 0.837. The summed E-state index contributed by atoms with van der Waals surface area (Å²) in [6, 6.07) is 0.521. The minimum atomic E-state index is 0.521. The van der Waals surface area contributed by atoms with Crippen molar-refractivity contribution in [1.29, 1.82) is 0 Å². The molecule has 1 saturated heterocycles. The smallest absolute Gasteiger partial charge is 0.185 e. The molecule has 0 unspecified atom stereocenters. The van der Waals surface area contributed by atoms with Crippen LogP contribution < -0.4 is 10.2 Å². The first-order valence-corrected chi connectivity index (χ1v) is 8.51. The molecule has 0 atom stereocenters. The Labute approximate surface area is 127 Å². The van der Waals surface area contributed by atoms with Gasteiger partial charge in [-0.15, -0.1) is 11.3 Å². The fourth-order valence-electron chi connectivity index (χ4n) is 2.43. The first-order valence-electron chi connectivity index (χ1n) is 7.69. The first kappa shape index (κ1) is 15.7. The number of nitrogens with one attached hydrogen (secondary N) is 1. The highest BCUT2D eigenvalue weighted by Gasteiger charge is 2.14. The fourth-order valence-corrected chi connectivity index (χ4v) is 3.43. The van der Waals surface area contributed by atoms with Crippen molar-refractivity contribution in [3.05, 3.63) is 10.6 Å². The molecule has 0 saturated carbocycles. The van der Waals surface area contributed by atoms with Gasteiger partial charge in [-0.1, -0.05) is 13.8 Å². The minimum Gasteiger partial charge on any atom is -0.350 e. The second-order valence-corrected chi connectivity index (χ2v) is 7.07. The van der Waals surface area contributed by atoms with E-state index in [0.29, 0.717) is 6.04 Å². The third-order valence-electron chi connectivity index (χ3n) is 3.83. The maximum absolute atomic E-state index is 4.72. The van der Waals surface area contributed by atoms with Crippen molar-refractivity contribution in [3.63, 3.8) is 0 Å². The summed E-state index contributed by atoms with van der Waals surface area (Å²) in [7, 11) is 2.16. The minimum absolute atomic E-state index is 0.521. The Morgan fingerprint density at radius 3 is 2.70 bits per heavy atom. The Bertz CT molecular complexity index is 410. The van der Waals surface area contributed by atoms with Crippen molar-refractivity contribution in [3.8, 4) is 0 Å². The predicted molar refractivity (Wildman–Crippen MR) is 87.8 cm³/mol. The van der Waals surface area contributed by atoms with Crippen molar-refractivity contribution in [2.24, 2.45) is 0 Å². The third-order valence-corrected chi connectivity index (χ3v) is 5.10. The highest BCUT2D eigenvalue weighted by atomic mass is 32.1. The van der Waals surface area contributed by atoms with Gasteiger partial charge in [-0.3, -0.25) is 0 Å². The molecule has 20 heavy (non-hydrogen) atoms. The number of likely N-dealkylation sites (tertiary alicyclic amines) is 1. The van der Waals surface area contributed by atoms with Gasteiger partial charge in [0.15, 0.2) is 5.13 Å². The van der Waals surface area contributed by atoms with Gasteiger partial charge in [-0.25, -0.2) is 4.98 Å². The topological polar surface area (TPSA) is 31.4 Å². The van der Waals surface area contributed by atoms with Gasteiger partial charge in [-0.2, -0.15) is 0 Å². The van der Waals surface area contributed by atoms with Crippen LogP contribution in [0.15, 0.2) is 0 Å². The molecular weight excluding hydrogens is 268 g/mol. The van der Waals surface area contributed by atoms with Crippen LogP contribution in [0.1, 0.15) is 37.3 Å². The predicted octanol–water partition coefficient (Wildman–Crippen LogP) is 2.48. The first-order chi connectivity index (χ1) is 9.56. The van der Waals surface area contributed by atoms with Crippen LogP contribution in [0.25, 0.3) is 0 Å². The lowest BCUT2D eigenvalue weighted by molar-refractivity contribution is 0.346. The normalized spacial score (nSPS) is 16.2. The van der Waals surface area contributed by atoms with E-state index in [1.807, 2.05) is 11.3 Å². The van der Waals surface area contributed by atoms with E-state index in [1.165, 1.54) is 36.5 Å².